The number of aromatic amines is 1. The summed E-state index contributed by atoms with van der Waals surface area (Å²) in [7, 11) is 0. The largest absolute Gasteiger partial charge is 0.334 e. The molecule has 0 saturated carbocycles. The molecule has 4 rings (SSSR count). The first-order valence-electron chi connectivity index (χ1n) is 10.7. The second-order valence-corrected chi connectivity index (χ2v) is 9.47. The van der Waals surface area contributed by atoms with Gasteiger partial charge in [0.25, 0.3) is 5.56 Å². The van der Waals surface area contributed by atoms with Gasteiger partial charge < -0.3 is 5.32 Å². The van der Waals surface area contributed by atoms with E-state index in [0.29, 0.717) is 23.3 Å². The van der Waals surface area contributed by atoms with Crippen molar-refractivity contribution in [2.24, 2.45) is 0 Å². The van der Waals surface area contributed by atoms with E-state index in [1.165, 1.54) is 4.68 Å². The molecule has 168 valence electrons. The second kappa shape index (κ2) is 8.78. The molecule has 0 spiro atoms. The summed E-state index contributed by atoms with van der Waals surface area (Å²) in [5.74, 6) is 0.738. The molecule has 3 N–H and O–H groups in total. The van der Waals surface area contributed by atoms with Gasteiger partial charge in [-0.25, -0.2) is 9.78 Å². The van der Waals surface area contributed by atoms with Crippen LogP contribution < -0.4 is 16.2 Å². The number of amides is 2. The lowest BCUT2D eigenvalue weighted by molar-refractivity contribution is 0.251. The molecule has 2 aromatic heterocycles. The standard InChI is InChI=1S/C23H27ClN6O2/c1-23(2,3)18-12-19(27-22(32)25-13-14-8-10-15(24)11-9-14)30(29-18)21-26-17-7-5-4-6-16(17)20(31)28-21/h8-12H,4-7,13H2,1-3H3,(H2,25,27,32)(H,26,28,31). The van der Waals surface area contributed by atoms with Crippen molar-refractivity contribution < 1.29 is 4.79 Å². The predicted octanol–water partition coefficient (Wildman–Crippen LogP) is 4.11. The van der Waals surface area contributed by atoms with E-state index < -0.39 is 0 Å². The first-order valence-corrected chi connectivity index (χ1v) is 11.1. The van der Waals surface area contributed by atoms with Gasteiger partial charge in [-0.15, -0.1) is 0 Å². The highest BCUT2D eigenvalue weighted by Crippen LogP contribution is 2.26. The molecule has 0 radical (unpaired) electrons. The summed E-state index contributed by atoms with van der Waals surface area (Å²) in [6.07, 6.45) is 3.51. The van der Waals surface area contributed by atoms with E-state index in [9.17, 15) is 9.59 Å². The van der Waals surface area contributed by atoms with Gasteiger partial charge in [-0.05, 0) is 43.4 Å². The molecule has 0 saturated heterocycles. The second-order valence-electron chi connectivity index (χ2n) is 9.03. The number of hydrogen-bond acceptors (Lipinski definition) is 4. The van der Waals surface area contributed by atoms with Crippen LogP contribution >= 0.6 is 11.6 Å². The van der Waals surface area contributed by atoms with Gasteiger partial charge in [0.15, 0.2) is 0 Å². The van der Waals surface area contributed by atoms with Crippen LogP contribution in [0.25, 0.3) is 5.95 Å². The number of rotatable bonds is 4. The number of anilines is 1. The third-order valence-electron chi connectivity index (χ3n) is 5.47. The number of nitrogens with one attached hydrogen (secondary N) is 3. The number of carbonyl (C=O) groups is 1. The molecule has 1 aliphatic rings. The molecule has 0 aliphatic heterocycles. The lowest BCUT2D eigenvalue weighted by Crippen LogP contribution is -2.30. The number of halogens is 1. The van der Waals surface area contributed by atoms with Crippen LogP contribution in [-0.4, -0.2) is 25.8 Å². The van der Waals surface area contributed by atoms with Gasteiger partial charge in [-0.3, -0.25) is 15.1 Å². The molecule has 8 nitrogen and oxygen atoms in total. The molecular formula is C23H27ClN6O2. The zero-order valence-corrected chi connectivity index (χ0v) is 19.2. The van der Waals surface area contributed by atoms with Crippen molar-refractivity contribution in [3.63, 3.8) is 0 Å². The van der Waals surface area contributed by atoms with Gasteiger partial charge in [0, 0.05) is 28.6 Å². The monoisotopic (exact) mass is 454 g/mol. The van der Waals surface area contributed by atoms with E-state index in [4.69, 9.17) is 11.6 Å². The molecule has 0 fully saturated rings. The van der Waals surface area contributed by atoms with Crippen molar-refractivity contribution in [2.75, 3.05) is 5.32 Å². The van der Waals surface area contributed by atoms with E-state index in [1.807, 2.05) is 32.9 Å². The average molecular weight is 455 g/mol. The topological polar surface area (TPSA) is 105 Å². The lowest BCUT2D eigenvalue weighted by atomic mass is 9.92. The Hall–Kier alpha value is -3.13. The van der Waals surface area contributed by atoms with E-state index in [1.54, 1.807) is 18.2 Å². The summed E-state index contributed by atoms with van der Waals surface area (Å²) < 4.78 is 1.50. The molecule has 2 heterocycles. The Balaban J connectivity index is 1.61. The SMILES string of the molecule is CC(C)(C)c1cc(NC(=O)NCc2ccc(Cl)cc2)n(-c2nc3c(c(=O)[nH]2)CCCC3)n1. The van der Waals surface area contributed by atoms with E-state index >= 15 is 0 Å². The number of aromatic nitrogens is 4. The maximum absolute atomic E-state index is 12.6. The molecule has 9 heteroatoms. The Kier molecular flexibility index (Phi) is 6.06. The fourth-order valence-corrected chi connectivity index (χ4v) is 3.76. The van der Waals surface area contributed by atoms with Crippen LogP contribution in [0.2, 0.25) is 5.02 Å². The van der Waals surface area contributed by atoms with Crippen LogP contribution in [0.5, 0.6) is 0 Å². The van der Waals surface area contributed by atoms with Crippen molar-refractivity contribution in [3.8, 4) is 5.95 Å². The first-order chi connectivity index (χ1) is 15.2. The summed E-state index contributed by atoms with van der Waals surface area (Å²) in [5, 5.41) is 11.0. The number of fused-ring (bicyclic) bond motifs is 1. The smallest absolute Gasteiger partial charge is 0.320 e. The highest BCUT2D eigenvalue weighted by atomic mass is 35.5. The third-order valence-corrected chi connectivity index (χ3v) is 5.72. The Labute approximate surface area is 191 Å². The Morgan fingerprint density at radius 1 is 1.19 bits per heavy atom. The number of nitrogens with zero attached hydrogens (tertiary/aromatic N) is 3. The van der Waals surface area contributed by atoms with Crippen LogP contribution in [0.15, 0.2) is 35.1 Å². The molecule has 0 bridgehead atoms. The highest BCUT2D eigenvalue weighted by molar-refractivity contribution is 6.30. The molecular weight excluding hydrogens is 428 g/mol. The molecule has 1 aromatic carbocycles. The highest BCUT2D eigenvalue weighted by Gasteiger charge is 2.24. The Bertz CT molecular complexity index is 1190. The van der Waals surface area contributed by atoms with Gasteiger partial charge in [-0.1, -0.05) is 44.5 Å². The van der Waals surface area contributed by atoms with Crippen LogP contribution in [0, 0.1) is 0 Å². The predicted molar refractivity (Wildman–Crippen MR) is 125 cm³/mol. The van der Waals surface area contributed by atoms with Crippen molar-refractivity contribution in [1.29, 1.82) is 0 Å². The van der Waals surface area contributed by atoms with Crippen molar-refractivity contribution >= 4 is 23.4 Å². The normalized spacial score (nSPS) is 13.5. The molecule has 0 unspecified atom stereocenters. The van der Waals surface area contributed by atoms with Crippen LogP contribution in [0.4, 0.5) is 10.6 Å². The quantitative estimate of drug-likeness (QED) is 0.551. The van der Waals surface area contributed by atoms with E-state index in [-0.39, 0.29) is 17.0 Å². The van der Waals surface area contributed by atoms with E-state index in [0.717, 1.165) is 48.2 Å². The zero-order valence-electron chi connectivity index (χ0n) is 18.5. The number of hydrogen-bond donors (Lipinski definition) is 3. The van der Waals surface area contributed by atoms with Gasteiger partial charge in [0.05, 0.1) is 11.4 Å². The van der Waals surface area contributed by atoms with Crippen LogP contribution in [-0.2, 0) is 24.8 Å². The van der Waals surface area contributed by atoms with Gasteiger partial charge in [-0.2, -0.15) is 9.78 Å². The first kappa shape index (κ1) is 22.1. The van der Waals surface area contributed by atoms with Crippen molar-refractivity contribution in [1.82, 2.24) is 25.1 Å². The molecule has 32 heavy (non-hydrogen) atoms. The number of H-pyrrole nitrogens is 1. The number of aryl methyl sites for hydroxylation is 1. The van der Waals surface area contributed by atoms with Gasteiger partial charge in [0.2, 0.25) is 5.95 Å². The minimum absolute atomic E-state index is 0.143. The summed E-state index contributed by atoms with van der Waals surface area (Å²) in [5.41, 5.74) is 2.85. The van der Waals surface area contributed by atoms with Crippen molar-refractivity contribution in [2.45, 2.75) is 58.4 Å². The molecule has 1 aliphatic carbocycles. The van der Waals surface area contributed by atoms with E-state index in [2.05, 4.69) is 25.7 Å². The Morgan fingerprint density at radius 3 is 2.62 bits per heavy atom. The maximum Gasteiger partial charge on any atom is 0.320 e. The number of urea groups is 1. The Morgan fingerprint density at radius 2 is 1.91 bits per heavy atom. The summed E-state index contributed by atoms with van der Waals surface area (Å²) in [4.78, 5) is 32.8. The van der Waals surface area contributed by atoms with Crippen LogP contribution in [0.3, 0.4) is 0 Å². The van der Waals surface area contributed by atoms with Crippen LogP contribution in [0.1, 0.15) is 56.1 Å². The van der Waals surface area contributed by atoms with Gasteiger partial charge >= 0.3 is 6.03 Å². The third kappa shape index (κ3) is 4.85. The summed E-state index contributed by atoms with van der Waals surface area (Å²) in [6, 6.07) is 8.68. The minimum Gasteiger partial charge on any atom is -0.334 e. The number of benzene rings is 1. The molecule has 0 atom stereocenters. The zero-order chi connectivity index (χ0) is 22.9. The van der Waals surface area contributed by atoms with Crippen molar-refractivity contribution in [3.05, 3.63) is 68.2 Å². The number of carbonyl (C=O) groups excluding carboxylic acids is 1. The van der Waals surface area contributed by atoms with Gasteiger partial charge in [0.1, 0.15) is 5.82 Å². The molecule has 3 aromatic rings. The molecule has 2 amide bonds. The summed E-state index contributed by atoms with van der Waals surface area (Å²) in [6.45, 7) is 6.45. The average Bonchev–Trinajstić information content (AvgIpc) is 3.17. The lowest BCUT2D eigenvalue weighted by Gasteiger charge is -2.16. The minimum atomic E-state index is -0.387. The fraction of sp³-hybridized carbons (Fsp3) is 0.391. The fourth-order valence-electron chi connectivity index (χ4n) is 3.63. The maximum atomic E-state index is 12.6. The summed E-state index contributed by atoms with van der Waals surface area (Å²) >= 11 is 5.91.